The molecule has 11 heavy (non-hydrogen) atoms. The highest BCUT2D eigenvalue weighted by molar-refractivity contribution is 6.00. The fraction of sp³-hybridized carbons (Fsp3) is 0. The van der Waals surface area contributed by atoms with Crippen molar-refractivity contribution >= 4 is 12.1 Å². The quantitative estimate of drug-likeness (QED) is 0.504. The van der Waals surface area contributed by atoms with Crippen molar-refractivity contribution in [3.8, 4) is 0 Å². The van der Waals surface area contributed by atoms with Crippen LogP contribution in [0.25, 0.3) is 0 Å². The van der Waals surface area contributed by atoms with E-state index in [1.165, 1.54) is 0 Å². The molecule has 0 atom stereocenters. The molecule has 2 heterocycles. The van der Waals surface area contributed by atoms with E-state index in [0.29, 0.717) is 0 Å². The molecule has 0 unspecified atom stereocenters. The maximum atomic E-state index is 4.16. The summed E-state index contributed by atoms with van der Waals surface area (Å²) in [5.41, 5.74) is 0.762. The molecule has 3 heteroatoms. The number of hydrogen-bond acceptors (Lipinski definition) is 3. The SMILES string of the molecule is C=C1C=CN2N=CC=CC2=N1. The predicted octanol–water partition coefficient (Wildman–Crippen LogP) is 1.28. The molecule has 3 nitrogen and oxygen atoms in total. The maximum Gasteiger partial charge on any atom is 0.153 e. The van der Waals surface area contributed by atoms with Gasteiger partial charge in [0.1, 0.15) is 0 Å². The Morgan fingerprint density at radius 1 is 1.36 bits per heavy atom. The molecule has 0 N–H and O–H groups in total. The van der Waals surface area contributed by atoms with Crippen LogP contribution >= 0.6 is 0 Å². The highest BCUT2D eigenvalue weighted by Gasteiger charge is 2.09. The first-order valence-electron chi connectivity index (χ1n) is 3.32. The third-order valence-electron chi connectivity index (χ3n) is 1.42. The number of rotatable bonds is 0. The smallest absolute Gasteiger partial charge is 0.153 e. The first kappa shape index (κ1) is 6.09. The highest BCUT2D eigenvalue weighted by Crippen LogP contribution is 2.11. The van der Waals surface area contributed by atoms with E-state index >= 15 is 0 Å². The van der Waals surface area contributed by atoms with Gasteiger partial charge in [0.25, 0.3) is 0 Å². The summed E-state index contributed by atoms with van der Waals surface area (Å²) >= 11 is 0. The number of fused-ring (bicyclic) bond motifs is 1. The summed E-state index contributed by atoms with van der Waals surface area (Å²) in [5, 5.41) is 5.75. The molecule has 0 aromatic carbocycles. The minimum absolute atomic E-state index is 0.762. The van der Waals surface area contributed by atoms with Crippen molar-refractivity contribution in [3.63, 3.8) is 0 Å². The zero-order valence-corrected chi connectivity index (χ0v) is 5.94. The second-order valence-electron chi connectivity index (χ2n) is 2.25. The lowest BCUT2D eigenvalue weighted by Gasteiger charge is -2.19. The Morgan fingerprint density at radius 2 is 2.27 bits per heavy atom. The monoisotopic (exact) mass is 145 g/mol. The van der Waals surface area contributed by atoms with Crippen molar-refractivity contribution in [2.24, 2.45) is 10.1 Å². The maximum absolute atomic E-state index is 4.16. The molecule has 54 valence electrons. The van der Waals surface area contributed by atoms with Gasteiger partial charge in [-0.2, -0.15) is 5.10 Å². The molecule has 2 rings (SSSR count). The van der Waals surface area contributed by atoms with Gasteiger partial charge in [0.2, 0.25) is 0 Å². The second-order valence-corrected chi connectivity index (χ2v) is 2.25. The minimum atomic E-state index is 0.762. The van der Waals surface area contributed by atoms with Gasteiger partial charge in [-0.15, -0.1) is 0 Å². The van der Waals surface area contributed by atoms with Gasteiger partial charge in [-0.25, -0.2) is 10.0 Å². The van der Waals surface area contributed by atoms with Crippen LogP contribution in [-0.2, 0) is 0 Å². The molecule has 0 saturated carbocycles. The van der Waals surface area contributed by atoms with Crippen LogP contribution < -0.4 is 0 Å². The van der Waals surface area contributed by atoms with Crippen LogP contribution in [0.1, 0.15) is 0 Å². The fourth-order valence-electron chi connectivity index (χ4n) is 0.919. The average molecular weight is 145 g/mol. The van der Waals surface area contributed by atoms with Gasteiger partial charge in [0, 0.05) is 12.4 Å². The standard InChI is InChI=1S/C8H7N3/c1-7-4-6-11-8(10-7)3-2-5-9-11/h2-6H,1H2. The Balaban J connectivity index is 2.39. The van der Waals surface area contributed by atoms with Crippen LogP contribution in [0, 0.1) is 0 Å². The molecular formula is C8H7N3. The zero-order chi connectivity index (χ0) is 7.68. The highest BCUT2D eigenvalue weighted by atomic mass is 15.5. The van der Waals surface area contributed by atoms with E-state index < -0.39 is 0 Å². The number of allylic oxidation sites excluding steroid dienone is 2. The average Bonchev–Trinajstić information content (AvgIpc) is 2.04. The van der Waals surface area contributed by atoms with E-state index in [1.54, 1.807) is 11.2 Å². The minimum Gasteiger partial charge on any atom is -0.230 e. The van der Waals surface area contributed by atoms with Crippen LogP contribution in [0.2, 0.25) is 0 Å². The summed E-state index contributed by atoms with van der Waals surface area (Å²) in [4.78, 5) is 4.16. The molecular weight excluding hydrogens is 138 g/mol. The lowest BCUT2D eigenvalue weighted by molar-refractivity contribution is 0.599. The molecule has 0 aliphatic carbocycles. The lowest BCUT2D eigenvalue weighted by atomic mass is 10.3. The molecule has 0 bridgehead atoms. The van der Waals surface area contributed by atoms with E-state index in [9.17, 15) is 0 Å². The van der Waals surface area contributed by atoms with E-state index in [1.807, 2.05) is 24.4 Å². The van der Waals surface area contributed by atoms with Gasteiger partial charge in [0.15, 0.2) is 5.84 Å². The molecule has 0 saturated heterocycles. The molecule has 0 radical (unpaired) electrons. The molecule has 0 spiro atoms. The Bertz CT molecular complexity index is 307. The normalized spacial score (nSPS) is 20.2. The van der Waals surface area contributed by atoms with Crippen molar-refractivity contribution in [1.82, 2.24) is 5.01 Å². The number of aliphatic imine (C=N–C) groups is 1. The number of hydrogen-bond donors (Lipinski definition) is 0. The lowest BCUT2D eigenvalue weighted by Crippen LogP contribution is -2.22. The van der Waals surface area contributed by atoms with E-state index in [2.05, 4.69) is 16.7 Å². The van der Waals surface area contributed by atoms with E-state index in [0.717, 1.165) is 11.5 Å². The van der Waals surface area contributed by atoms with Crippen LogP contribution in [0.15, 0.2) is 46.8 Å². The summed E-state index contributed by atoms with van der Waals surface area (Å²) in [5.74, 6) is 0.819. The molecule has 0 aromatic rings. The molecule has 0 aromatic heterocycles. The number of nitrogens with zero attached hydrogens (tertiary/aromatic N) is 3. The summed E-state index contributed by atoms with van der Waals surface area (Å²) in [6, 6.07) is 0. The van der Waals surface area contributed by atoms with Crippen LogP contribution in [0.5, 0.6) is 0 Å². The fourth-order valence-corrected chi connectivity index (χ4v) is 0.919. The van der Waals surface area contributed by atoms with Gasteiger partial charge in [-0.05, 0) is 18.2 Å². The number of hydrazone groups is 1. The van der Waals surface area contributed by atoms with Crippen LogP contribution in [-0.4, -0.2) is 17.1 Å². The van der Waals surface area contributed by atoms with Gasteiger partial charge >= 0.3 is 0 Å². The van der Waals surface area contributed by atoms with E-state index in [4.69, 9.17) is 0 Å². The second kappa shape index (κ2) is 2.20. The van der Waals surface area contributed by atoms with Crippen molar-refractivity contribution in [1.29, 1.82) is 0 Å². The van der Waals surface area contributed by atoms with Crippen LogP contribution in [0.3, 0.4) is 0 Å². The van der Waals surface area contributed by atoms with Crippen molar-refractivity contribution < 1.29 is 0 Å². The largest absolute Gasteiger partial charge is 0.230 e. The summed E-state index contributed by atoms with van der Waals surface area (Å²) in [7, 11) is 0. The van der Waals surface area contributed by atoms with Crippen molar-refractivity contribution in [2.75, 3.05) is 0 Å². The first-order chi connectivity index (χ1) is 5.36. The Morgan fingerprint density at radius 3 is 3.18 bits per heavy atom. The molecule has 2 aliphatic rings. The van der Waals surface area contributed by atoms with Crippen LogP contribution in [0.4, 0.5) is 0 Å². The van der Waals surface area contributed by atoms with Crippen molar-refractivity contribution in [2.45, 2.75) is 0 Å². The van der Waals surface area contributed by atoms with Crippen molar-refractivity contribution in [3.05, 3.63) is 36.7 Å². The van der Waals surface area contributed by atoms with Gasteiger partial charge < -0.3 is 0 Å². The molecule has 0 amide bonds. The van der Waals surface area contributed by atoms with Gasteiger partial charge in [-0.3, -0.25) is 0 Å². The summed E-state index contributed by atoms with van der Waals surface area (Å²) in [6.45, 7) is 3.72. The Hall–Kier alpha value is -1.64. The third-order valence-corrected chi connectivity index (χ3v) is 1.42. The topological polar surface area (TPSA) is 28.0 Å². The van der Waals surface area contributed by atoms with Gasteiger partial charge in [-0.1, -0.05) is 6.58 Å². The summed E-state index contributed by atoms with van der Waals surface area (Å²) < 4.78 is 0. The predicted molar refractivity (Wildman–Crippen MR) is 45.2 cm³/mol. The first-order valence-corrected chi connectivity index (χ1v) is 3.32. The summed E-state index contributed by atoms with van der Waals surface area (Å²) in [6.07, 6.45) is 9.12. The Kier molecular flexibility index (Phi) is 1.22. The zero-order valence-electron chi connectivity index (χ0n) is 5.94. The van der Waals surface area contributed by atoms with Gasteiger partial charge in [0.05, 0.1) is 5.70 Å². The Labute approximate surface area is 64.7 Å². The third kappa shape index (κ3) is 1.00. The van der Waals surface area contributed by atoms with E-state index in [-0.39, 0.29) is 0 Å². The molecule has 2 aliphatic heterocycles. The number of amidine groups is 1. The molecule has 0 fully saturated rings.